The molecule has 4 heterocycles. The molecule has 6 rings (SSSR count). The van der Waals surface area contributed by atoms with Gasteiger partial charge in [0.05, 0.1) is 13.7 Å². The highest BCUT2D eigenvalue weighted by molar-refractivity contribution is 6.08. The van der Waals surface area contributed by atoms with Crippen molar-refractivity contribution in [2.24, 2.45) is 0 Å². The fraction of sp³-hybridized carbons (Fsp3) is 0.208. The van der Waals surface area contributed by atoms with Gasteiger partial charge in [-0.1, -0.05) is 18.2 Å². The average molecular weight is 489 g/mol. The minimum Gasteiger partial charge on any atom is -0.497 e. The molecular formula is C24H19N5O7. The number of fused-ring (bicyclic) bond motifs is 2. The molecule has 2 saturated heterocycles. The van der Waals surface area contributed by atoms with E-state index in [2.05, 4.69) is 21.3 Å². The van der Waals surface area contributed by atoms with Gasteiger partial charge in [-0.2, -0.15) is 0 Å². The third kappa shape index (κ3) is 3.18. The maximum absolute atomic E-state index is 13.2. The molecule has 3 aromatic rings. The first kappa shape index (κ1) is 21.6. The molecule has 0 aliphatic carbocycles. The Hall–Kier alpha value is -4.87. The van der Waals surface area contributed by atoms with Crippen molar-refractivity contribution in [1.29, 1.82) is 0 Å². The molecule has 182 valence electrons. The van der Waals surface area contributed by atoms with Crippen LogP contribution in [0.4, 0.5) is 9.59 Å². The number of hydrogen-bond donors (Lipinski definition) is 4. The molecule has 0 spiro atoms. The highest BCUT2D eigenvalue weighted by atomic mass is 16.5. The van der Waals surface area contributed by atoms with Gasteiger partial charge in [-0.25, -0.2) is 9.59 Å². The van der Waals surface area contributed by atoms with Crippen molar-refractivity contribution in [3.05, 3.63) is 64.9 Å². The Morgan fingerprint density at radius 1 is 1.03 bits per heavy atom. The number of ether oxygens (including phenoxy) is 1. The summed E-state index contributed by atoms with van der Waals surface area (Å²) < 4.78 is 11.2. The zero-order chi connectivity index (χ0) is 25.2. The zero-order valence-electron chi connectivity index (χ0n) is 18.8. The van der Waals surface area contributed by atoms with E-state index in [-0.39, 0.29) is 24.8 Å². The highest BCUT2D eigenvalue weighted by Crippen LogP contribution is 2.35. The van der Waals surface area contributed by atoms with Crippen LogP contribution in [0, 0.1) is 0 Å². The zero-order valence-corrected chi connectivity index (χ0v) is 18.8. The second-order valence-electron chi connectivity index (χ2n) is 8.80. The van der Waals surface area contributed by atoms with Crippen LogP contribution < -0.4 is 26.0 Å². The van der Waals surface area contributed by atoms with Crippen LogP contribution in [0.3, 0.4) is 0 Å². The van der Waals surface area contributed by atoms with Gasteiger partial charge in [0.15, 0.2) is 5.54 Å². The number of urea groups is 2. The van der Waals surface area contributed by atoms with Gasteiger partial charge in [0.1, 0.15) is 23.1 Å². The number of imide groups is 2. The molecular weight excluding hydrogens is 470 g/mol. The van der Waals surface area contributed by atoms with Gasteiger partial charge in [0, 0.05) is 17.5 Å². The van der Waals surface area contributed by atoms with Gasteiger partial charge in [0.25, 0.3) is 17.7 Å². The summed E-state index contributed by atoms with van der Waals surface area (Å²) >= 11 is 0. The first-order chi connectivity index (χ1) is 17.3. The standard InChI is InChI=1S/C24H19N5O7/c1-35-14-5-4-13-9-29(20(31)15(13)8-14)10-24(21(32)27-23(34)28-24)17-7-11-2-3-12(6-16(11)36-17)18-19(30)26-22(33)25-18/h2-8,18H,9-10H2,1H3,(H2,25,26,30,33)(H2,27,28,32,34)/t18?,24-/m0/s1. The maximum Gasteiger partial charge on any atom is 0.322 e. The van der Waals surface area contributed by atoms with Crippen LogP contribution >= 0.6 is 0 Å². The SMILES string of the molecule is COc1ccc2c(c1)C(=O)N(C[C@@]1(c3cc4ccc(C5NC(=O)NC5=O)cc4o3)NC(=O)NC1=O)C2. The molecule has 4 N–H and O–H groups in total. The molecule has 1 aromatic heterocycles. The quantitative estimate of drug-likeness (QED) is 0.389. The van der Waals surface area contributed by atoms with E-state index in [4.69, 9.17) is 9.15 Å². The summed E-state index contributed by atoms with van der Waals surface area (Å²) in [5.74, 6) is -0.798. The van der Waals surface area contributed by atoms with Gasteiger partial charge in [-0.15, -0.1) is 0 Å². The molecule has 0 saturated carbocycles. The molecule has 12 nitrogen and oxygen atoms in total. The molecule has 12 heteroatoms. The fourth-order valence-electron chi connectivity index (χ4n) is 4.82. The predicted molar refractivity (Wildman–Crippen MR) is 122 cm³/mol. The van der Waals surface area contributed by atoms with E-state index in [1.807, 2.05) is 0 Å². The van der Waals surface area contributed by atoms with E-state index >= 15 is 0 Å². The molecule has 36 heavy (non-hydrogen) atoms. The lowest BCUT2D eigenvalue weighted by molar-refractivity contribution is -0.125. The van der Waals surface area contributed by atoms with Crippen molar-refractivity contribution < 1.29 is 33.1 Å². The Kier molecular flexibility index (Phi) is 4.55. The van der Waals surface area contributed by atoms with Crippen molar-refractivity contribution in [3.8, 4) is 5.75 Å². The molecule has 2 atom stereocenters. The van der Waals surface area contributed by atoms with Crippen molar-refractivity contribution in [1.82, 2.24) is 26.2 Å². The maximum atomic E-state index is 13.2. The molecule has 0 radical (unpaired) electrons. The van der Waals surface area contributed by atoms with Crippen LogP contribution in [-0.2, 0) is 21.7 Å². The van der Waals surface area contributed by atoms with Crippen molar-refractivity contribution in [2.75, 3.05) is 13.7 Å². The Balaban J connectivity index is 1.36. The van der Waals surface area contributed by atoms with Crippen LogP contribution in [0.2, 0.25) is 0 Å². The second kappa shape index (κ2) is 7.57. The third-order valence-corrected chi connectivity index (χ3v) is 6.64. The number of methoxy groups -OCH3 is 1. The first-order valence-corrected chi connectivity index (χ1v) is 11.0. The van der Waals surface area contributed by atoms with Crippen molar-refractivity contribution >= 4 is 40.8 Å². The number of nitrogens with zero attached hydrogens (tertiary/aromatic N) is 1. The predicted octanol–water partition coefficient (Wildman–Crippen LogP) is 1.01. The molecule has 2 aromatic carbocycles. The average Bonchev–Trinajstić information content (AvgIpc) is 3.58. The van der Waals surface area contributed by atoms with Crippen LogP contribution in [0.5, 0.6) is 5.75 Å². The number of benzene rings is 2. The summed E-state index contributed by atoms with van der Waals surface area (Å²) in [6, 6.07) is 9.52. The second-order valence-corrected chi connectivity index (χ2v) is 8.80. The summed E-state index contributed by atoms with van der Waals surface area (Å²) in [6.45, 7) is 0.0676. The molecule has 0 bridgehead atoms. The molecule has 3 aliphatic heterocycles. The fourth-order valence-corrected chi connectivity index (χ4v) is 4.82. The van der Waals surface area contributed by atoms with E-state index in [9.17, 15) is 24.0 Å². The smallest absolute Gasteiger partial charge is 0.322 e. The first-order valence-electron chi connectivity index (χ1n) is 11.0. The Morgan fingerprint density at radius 2 is 1.86 bits per heavy atom. The summed E-state index contributed by atoms with van der Waals surface area (Å²) in [7, 11) is 1.51. The topological polar surface area (TPSA) is 159 Å². The normalized spacial score (nSPS) is 23.0. The van der Waals surface area contributed by atoms with Crippen LogP contribution in [-0.4, -0.2) is 48.3 Å². The van der Waals surface area contributed by atoms with Gasteiger partial charge in [0.2, 0.25) is 0 Å². The lowest BCUT2D eigenvalue weighted by Crippen LogP contribution is -2.52. The Bertz CT molecular complexity index is 1510. The van der Waals surface area contributed by atoms with E-state index in [0.717, 1.165) is 5.56 Å². The molecule has 2 fully saturated rings. The number of furan rings is 1. The number of carbonyl (C=O) groups is 5. The van der Waals surface area contributed by atoms with Gasteiger partial charge >= 0.3 is 12.1 Å². The largest absolute Gasteiger partial charge is 0.497 e. The highest BCUT2D eigenvalue weighted by Gasteiger charge is 2.53. The summed E-state index contributed by atoms with van der Waals surface area (Å²) in [6.07, 6.45) is 0. The summed E-state index contributed by atoms with van der Waals surface area (Å²) in [4.78, 5) is 63.5. The van der Waals surface area contributed by atoms with E-state index < -0.39 is 35.5 Å². The number of amides is 7. The number of rotatable bonds is 5. The van der Waals surface area contributed by atoms with Crippen molar-refractivity contribution in [3.63, 3.8) is 0 Å². The number of nitrogens with one attached hydrogen (secondary N) is 4. The van der Waals surface area contributed by atoms with Crippen LogP contribution in [0.25, 0.3) is 11.0 Å². The van der Waals surface area contributed by atoms with Gasteiger partial charge in [-0.3, -0.25) is 25.0 Å². The lowest BCUT2D eigenvalue weighted by atomic mass is 9.95. The van der Waals surface area contributed by atoms with Crippen LogP contribution in [0.1, 0.15) is 33.3 Å². The van der Waals surface area contributed by atoms with Crippen molar-refractivity contribution in [2.45, 2.75) is 18.1 Å². The van der Waals surface area contributed by atoms with Crippen LogP contribution in [0.15, 0.2) is 46.9 Å². The monoisotopic (exact) mass is 489 g/mol. The van der Waals surface area contributed by atoms with E-state index in [0.29, 0.717) is 27.8 Å². The molecule has 7 amide bonds. The minimum atomic E-state index is -1.67. The Morgan fingerprint density at radius 3 is 2.56 bits per heavy atom. The molecule has 3 aliphatic rings. The lowest BCUT2D eigenvalue weighted by Gasteiger charge is -2.29. The van der Waals surface area contributed by atoms with Gasteiger partial charge in [-0.05, 0) is 35.4 Å². The van der Waals surface area contributed by atoms with Gasteiger partial charge < -0.3 is 24.7 Å². The summed E-state index contributed by atoms with van der Waals surface area (Å²) in [5.41, 5.74) is 0.384. The van der Waals surface area contributed by atoms with E-state index in [1.54, 1.807) is 42.5 Å². The minimum absolute atomic E-state index is 0.124. The summed E-state index contributed by atoms with van der Waals surface area (Å²) in [5, 5.41) is 10.2. The third-order valence-electron chi connectivity index (χ3n) is 6.64. The number of carbonyl (C=O) groups excluding carboxylic acids is 5. The van der Waals surface area contributed by atoms with E-state index in [1.165, 1.54) is 12.0 Å². The Labute approximate surface area is 202 Å². The molecule has 1 unspecified atom stereocenters. The number of hydrogen-bond acceptors (Lipinski definition) is 7.